The van der Waals surface area contributed by atoms with E-state index in [0.717, 1.165) is 49.7 Å². The van der Waals surface area contributed by atoms with Crippen LogP contribution in [0.15, 0.2) is 36.9 Å². The van der Waals surface area contributed by atoms with Crippen LogP contribution in [-0.4, -0.2) is 86.3 Å². The predicted octanol–water partition coefficient (Wildman–Crippen LogP) is 4.42. The van der Waals surface area contributed by atoms with Crippen molar-refractivity contribution in [3.63, 3.8) is 0 Å². The summed E-state index contributed by atoms with van der Waals surface area (Å²) in [6.45, 7) is 10.3. The second-order valence-electron chi connectivity index (χ2n) is 12.2. The highest BCUT2D eigenvalue weighted by molar-refractivity contribution is 5.69. The molecular weight excluding hydrogens is 506 g/mol. The average Bonchev–Trinajstić information content (AvgIpc) is 3.62. The zero-order valence-electron chi connectivity index (χ0n) is 24.5. The number of hydrogen-bond donors (Lipinski definition) is 0. The van der Waals surface area contributed by atoms with E-state index in [4.69, 9.17) is 9.72 Å². The number of hydrogen-bond acceptors (Lipinski definition) is 9. The van der Waals surface area contributed by atoms with Crippen molar-refractivity contribution in [1.82, 2.24) is 34.8 Å². The van der Waals surface area contributed by atoms with Gasteiger partial charge in [0.1, 0.15) is 22.8 Å². The number of anilines is 2. The van der Waals surface area contributed by atoms with Gasteiger partial charge in [-0.25, -0.2) is 14.5 Å². The van der Waals surface area contributed by atoms with Gasteiger partial charge in [0.25, 0.3) is 0 Å². The van der Waals surface area contributed by atoms with Gasteiger partial charge in [-0.15, -0.1) is 5.10 Å². The molecule has 3 aromatic heterocycles. The van der Waals surface area contributed by atoms with E-state index in [1.807, 2.05) is 63.1 Å². The first-order valence-corrected chi connectivity index (χ1v) is 14.2. The molecule has 1 unspecified atom stereocenters. The third-order valence-electron chi connectivity index (χ3n) is 7.43. The van der Waals surface area contributed by atoms with Crippen molar-refractivity contribution in [2.24, 2.45) is 5.92 Å². The Kier molecular flexibility index (Phi) is 7.91. The normalized spacial score (nSPS) is 18.4. The lowest BCUT2D eigenvalue weighted by atomic mass is 10.0. The van der Waals surface area contributed by atoms with Crippen LogP contribution in [0.4, 0.5) is 16.3 Å². The summed E-state index contributed by atoms with van der Waals surface area (Å²) in [5.41, 5.74) is 2.80. The number of carbonyl (C=O) groups is 1. The highest BCUT2D eigenvalue weighted by Gasteiger charge is 2.36. The van der Waals surface area contributed by atoms with Crippen molar-refractivity contribution in [1.29, 1.82) is 0 Å². The van der Waals surface area contributed by atoms with Crippen LogP contribution in [0.25, 0.3) is 11.4 Å². The molecule has 11 nitrogen and oxygen atoms in total. The van der Waals surface area contributed by atoms with Crippen LogP contribution in [0.3, 0.4) is 0 Å². The molecule has 3 aromatic rings. The predicted molar refractivity (Wildman–Crippen MR) is 154 cm³/mol. The van der Waals surface area contributed by atoms with Gasteiger partial charge >= 0.3 is 6.09 Å². The minimum Gasteiger partial charge on any atom is -0.444 e. The molecule has 2 atom stereocenters. The number of carbonyl (C=O) groups excluding carboxylic acids is 1. The van der Waals surface area contributed by atoms with Crippen molar-refractivity contribution in [3.8, 4) is 11.4 Å². The topological polar surface area (TPSA) is 105 Å². The van der Waals surface area contributed by atoms with Crippen LogP contribution < -0.4 is 9.80 Å². The van der Waals surface area contributed by atoms with Crippen molar-refractivity contribution >= 4 is 17.6 Å². The van der Waals surface area contributed by atoms with Gasteiger partial charge in [0.2, 0.25) is 0 Å². The van der Waals surface area contributed by atoms with Gasteiger partial charge in [-0.1, -0.05) is 5.21 Å². The molecule has 214 valence electrons. The summed E-state index contributed by atoms with van der Waals surface area (Å²) in [5.74, 6) is 1.37. The number of pyridine rings is 1. The minimum atomic E-state index is -0.502. The second-order valence-corrected chi connectivity index (χ2v) is 12.2. The summed E-state index contributed by atoms with van der Waals surface area (Å²) >= 11 is 0. The lowest BCUT2D eigenvalue weighted by Gasteiger charge is -2.40. The first kappa shape index (κ1) is 27.8. The second kappa shape index (κ2) is 11.4. The van der Waals surface area contributed by atoms with E-state index in [-0.39, 0.29) is 18.2 Å². The fraction of sp³-hybridized carbons (Fsp3) is 0.586. The average molecular weight is 548 g/mol. The summed E-state index contributed by atoms with van der Waals surface area (Å²) in [6, 6.07) is 4.19. The Morgan fingerprint density at radius 2 is 1.93 bits per heavy atom. The van der Waals surface area contributed by atoms with Gasteiger partial charge < -0.3 is 19.4 Å². The number of piperidine rings is 1. The third kappa shape index (κ3) is 6.68. The summed E-state index contributed by atoms with van der Waals surface area (Å²) < 4.78 is 7.59. The molecule has 1 amide bonds. The molecule has 11 heteroatoms. The molecule has 1 saturated carbocycles. The third-order valence-corrected chi connectivity index (χ3v) is 7.43. The molecule has 0 spiro atoms. The van der Waals surface area contributed by atoms with E-state index >= 15 is 0 Å². The van der Waals surface area contributed by atoms with Crippen molar-refractivity contribution in [2.75, 3.05) is 43.5 Å². The fourth-order valence-corrected chi connectivity index (χ4v) is 4.96. The van der Waals surface area contributed by atoms with Gasteiger partial charge in [0.05, 0.1) is 48.3 Å². The van der Waals surface area contributed by atoms with Crippen molar-refractivity contribution in [3.05, 3.63) is 42.6 Å². The van der Waals surface area contributed by atoms with E-state index < -0.39 is 5.60 Å². The van der Waals surface area contributed by atoms with E-state index in [1.54, 1.807) is 17.1 Å². The Bertz CT molecular complexity index is 1300. The maximum atomic E-state index is 13.1. The Morgan fingerprint density at radius 1 is 1.12 bits per heavy atom. The summed E-state index contributed by atoms with van der Waals surface area (Å²) in [7, 11) is 3.86. The van der Waals surface area contributed by atoms with E-state index in [0.29, 0.717) is 17.3 Å². The smallest absolute Gasteiger partial charge is 0.410 e. The molecule has 0 radical (unpaired) electrons. The van der Waals surface area contributed by atoms with Crippen LogP contribution in [0.1, 0.15) is 65.1 Å². The number of nitrogens with zero attached hydrogens (tertiary/aromatic N) is 9. The largest absolute Gasteiger partial charge is 0.444 e. The van der Waals surface area contributed by atoms with Gasteiger partial charge in [0, 0.05) is 33.7 Å². The number of ether oxygens (including phenoxy) is 1. The molecule has 0 bridgehead atoms. The molecule has 40 heavy (non-hydrogen) atoms. The van der Waals surface area contributed by atoms with Gasteiger partial charge in [-0.3, -0.25) is 9.97 Å². The molecule has 0 aromatic carbocycles. The van der Waals surface area contributed by atoms with Gasteiger partial charge in [-0.05, 0) is 71.4 Å². The maximum absolute atomic E-state index is 13.1. The maximum Gasteiger partial charge on any atom is 0.410 e. The van der Waals surface area contributed by atoms with Crippen molar-refractivity contribution in [2.45, 2.75) is 71.1 Å². The molecule has 4 heterocycles. The van der Waals surface area contributed by atoms with Gasteiger partial charge in [0.15, 0.2) is 0 Å². The summed E-state index contributed by atoms with van der Waals surface area (Å²) in [6.07, 6.45) is 11.4. The number of amides is 1. The van der Waals surface area contributed by atoms with Crippen molar-refractivity contribution < 1.29 is 9.53 Å². The number of aromatic nitrogens is 6. The molecule has 1 aliphatic heterocycles. The highest BCUT2D eigenvalue weighted by atomic mass is 16.6. The number of rotatable bonds is 8. The zero-order chi connectivity index (χ0) is 28.4. The van der Waals surface area contributed by atoms with Crippen LogP contribution >= 0.6 is 0 Å². The quantitative estimate of drug-likeness (QED) is 0.405. The van der Waals surface area contributed by atoms with Crippen LogP contribution in [0, 0.1) is 5.92 Å². The van der Waals surface area contributed by atoms with Crippen LogP contribution in [0.5, 0.6) is 0 Å². The van der Waals surface area contributed by atoms with E-state index in [9.17, 15) is 4.79 Å². The molecule has 5 rings (SSSR count). The minimum absolute atomic E-state index is 0.101. The Morgan fingerprint density at radius 3 is 2.60 bits per heavy atom. The lowest BCUT2D eigenvalue weighted by Crippen LogP contribution is -2.52. The Balaban J connectivity index is 1.26. The molecular formula is C29H41N9O2. The van der Waals surface area contributed by atoms with Gasteiger partial charge in [-0.2, -0.15) is 0 Å². The Hall–Kier alpha value is -3.76. The summed E-state index contributed by atoms with van der Waals surface area (Å²) in [4.78, 5) is 33.0. The monoisotopic (exact) mass is 547 g/mol. The van der Waals surface area contributed by atoms with Crippen LogP contribution in [0.2, 0.25) is 0 Å². The summed E-state index contributed by atoms with van der Waals surface area (Å²) in [5, 5.41) is 8.66. The SMILES string of the molecule is CC(c1ccc(N2CCC[C@@H](N(CC3CC3)C(=O)OC(C)(C)C)C2)cn1)n1cc(-c2cncc(N(C)C)n2)nn1. The lowest BCUT2D eigenvalue weighted by molar-refractivity contribution is 0.0134. The Labute approximate surface area is 236 Å². The molecule has 0 N–H and O–H groups in total. The highest BCUT2D eigenvalue weighted by Crippen LogP contribution is 2.33. The molecule has 1 saturated heterocycles. The first-order valence-electron chi connectivity index (χ1n) is 14.2. The molecule has 2 fully saturated rings. The molecule has 1 aliphatic carbocycles. The van der Waals surface area contributed by atoms with E-state index in [1.165, 1.54) is 12.8 Å². The van der Waals surface area contributed by atoms with E-state index in [2.05, 4.69) is 38.2 Å². The zero-order valence-corrected chi connectivity index (χ0v) is 24.5. The van der Waals surface area contributed by atoms with Crippen LogP contribution in [-0.2, 0) is 4.74 Å². The standard InChI is InChI=1S/C29H41N9O2/c1-20(38-19-26(33-34-38)25-15-30-16-27(32-25)35(5)6)24-12-11-22(14-31-24)36-13-7-8-23(18-36)37(17-21-9-10-21)28(39)40-29(2,3)4/h11-12,14-16,19-21,23H,7-10,13,17-18H2,1-6H3/t20?,23-/m1/s1. The fourth-order valence-electron chi connectivity index (χ4n) is 4.96. The first-order chi connectivity index (χ1) is 19.1. The molecule has 2 aliphatic rings.